The van der Waals surface area contributed by atoms with Crippen molar-refractivity contribution < 1.29 is 4.42 Å². The number of furan rings is 1. The predicted octanol–water partition coefficient (Wildman–Crippen LogP) is 3.82. The van der Waals surface area contributed by atoms with Gasteiger partial charge in [-0.15, -0.1) is 0 Å². The molecule has 1 aromatic heterocycles. The molecule has 1 heterocycles. The van der Waals surface area contributed by atoms with Crippen molar-refractivity contribution in [1.82, 2.24) is 5.32 Å². The van der Waals surface area contributed by atoms with Gasteiger partial charge in [-0.25, -0.2) is 0 Å². The summed E-state index contributed by atoms with van der Waals surface area (Å²) in [4.78, 5) is 0. The van der Waals surface area contributed by atoms with Gasteiger partial charge in [0.15, 0.2) is 0 Å². The lowest BCUT2D eigenvalue weighted by atomic mass is 9.84. The van der Waals surface area contributed by atoms with Crippen molar-refractivity contribution in [2.24, 2.45) is 5.92 Å². The van der Waals surface area contributed by atoms with Crippen molar-refractivity contribution in [2.75, 3.05) is 7.05 Å². The van der Waals surface area contributed by atoms with Crippen LogP contribution in [0.15, 0.2) is 16.7 Å². The molecule has 2 heteroatoms. The summed E-state index contributed by atoms with van der Waals surface area (Å²) in [6.07, 6.45) is 10.1. The molecule has 0 saturated heterocycles. The van der Waals surface area contributed by atoms with Crippen molar-refractivity contribution in [3.8, 4) is 0 Å². The number of nitrogens with one attached hydrogen (secondary N) is 1. The molecule has 2 rings (SSSR count). The molecule has 1 aliphatic carbocycles. The van der Waals surface area contributed by atoms with Crippen LogP contribution in [0.25, 0.3) is 0 Å². The standard InChI is InChI=1S/C14H23NO/c1-11-8-9-16-14(11)13(15-2)10-12-6-4-3-5-7-12/h8-9,12-13,15H,3-7,10H2,1-2H3. The third-order valence-corrected chi connectivity index (χ3v) is 3.86. The second-order valence-corrected chi connectivity index (χ2v) is 5.05. The molecule has 1 aromatic rings. The first-order valence-corrected chi connectivity index (χ1v) is 6.52. The fraction of sp³-hybridized carbons (Fsp3) is 0.714. The molecule has 1 unspecified atom stereocenters. The molecule has 1 atom stereocenters. The van der Waals surface area contributed by atoms with E-state index in [0.717, 1.165) is 11.7 Å². The topological polar surface area (TPSA) is 25.2 Å². The lowest BCUT2D eigenvalue weighted by Crippen LogP contribution is -2.21. The zero-order valence-electron chi connectivity index (χ0n) is 10.5. The molecule has 1 N–H and O–H groups in total. The highest BCUT2D eigenvalue weighted by molar-refractivity contribution is 5.18. The first kappa shape index (κ1) is 11.7. The van der Waals surface area contributed by atoms with Gasteiger partial charge in [-0.05, 0) is 37.9 Å². The van der Waals surface area contributed by atoms with E-state index >= 15 is 0 Å². The Morgan fingerprint density at radius 1 is 1.38 bits per heavy atom. The minimum Gasteiger partial charge on any atom is -0.467 e. The molecule has 0 radical (unpaired) electrons. The Labute approximate surface area is 98.4 Å². The van der Waals surface area contributed by atoms with Crippen LogP contribution in [-0.4, -0.2) is 7.05 Å². The van der Waals surface area contributed by atoms with Crippen LogP contribution >= 0.6 is 0 Å². The number of aryl methyl sites for hydroxylation is 1. The van der Waals surface area contributed by atoms with Gasteiger partial charge in [-0.2, -0.15) is 0 Å². The van der Waals surface area contributed by atoms with Gasteiger partial charge in [0.1, 0.15) is 5.76 Å². The average Bonchev–Trinajstić information content (AvgIpc) is 2.74. The Hall–Kier alpha value is -0.760. The third kappa shape index (κ3) is 2.67. The van der Waals surface area contributed by atoms with E-state index in [1.54, 1.807) is 6.26 Å². The van der Waals surface area contributed by atoms with Crippen LogP contribution < -0.4 is 5.32 Å². The smallest absolute Gasteiger partial charge is 0.123 e. The molecule has 1 fully saturated rings. The Bertz CT molecular complexity index is 312. The lowest BCUT2D eigenvalue weighted by molar-refractivity contribution is 0.286. The van der Waals surface area contributed by atoms with Crippen molar-refractivity contribution in [2.45, 2.75) is 51.5 Å². The van der Waals surface area contributed by atoms with Gasteiger partial charge in [0.05, 0.1) is 12.3 Å². The summed E-state index contributed by atoms with van der Waals surface area (Å²) in [6.45, 7) is 2.13. The molecule has 16 heavy (non-hydrogen) atoms. The minimum atomic E-state index is 0.401. The zero-order valence-corrected chi connectivity index (χ0v) is 10.5. The van der Waals surface area contributed by atoms with Crippen LogP contribution in [0.1, 0.15) is 55.9 Å². The summed E-state index contributed by atoms with van der Waals surface area (Å²) in [5.41, 5.74) is 1.27. The molecule has 0 amide bonds. The van der Waals surface area contributed by atoms with Crippen LogP contribution in [0.3, 0.4) is 0 Å². The van der Waals surface area contributed by atoms with E-state index in [4.69, 9.17) is 4.42 Å². The molecule has 0 spiro atoms. The molecule has 1 aliphatic rings. The van der Waals surface area contributed by atoms with Crippen molar-refractivity contribution in [3.05, 3.63) is 23.7 Å². The third-order valence-electron chi connectivity index (χ3n) is 3.86. The van der Waals surface area contributed by atoms with Crippen molar-refractivity contribution in [3.63, 3.8) is 0 Å². The second kappa shape index (κ2) is 5.53. The Balaban J connectivity index is 1.97. The highest BCUT2D eigenvalue weighted by Gasteiger charge is 2.21. The molecule has 2 nitrogen and oxygen atoms in total. The van der Waals surface area contributed by atoms with Crippen molar-refractivity contribution in [1.29, 1.82) is 0 Å². The van der Waals surface area contributed by atoms with E-state index in [1.165, 1.54) is 44.1 Å². The Morgan fingerprint density at radius 3 is 2.69 bits per heavy atom. The summed E-state index contributed by atoms with van der Waals surface area (Å²) < 4.78 is 5.60. The number of hydrogen-bond donors (Lipinski definition) is 1. The molecule has 0 bridgehead atoms. The van der Waals surface area contributed by atoms with Crippen LogP contribution in [0.5, 0.6) is 0 Å². The van der Waals surface area contributed by atoms with E-state index in [2.05, 4.69) is 18.3 Å². The quantitative estimate of drug-likeness (QED) is 0.836. The summed E-state index contributed by atoms with van der Waals surface area (Å²) in [6, 6.07) is 2.46. The monoisotopic (exact) mass is 221 g/mol. The van der Waals surface area contributed by atoms with Gasteiger partial charge in [0.2, 0.25) is 0 Å². The summed E-state index contributed by atoms with van der Waals surface area (Å²) in [5.74, 6) is 2.02. The maximum absolute atomic E-state index is 5.60. The molecule has 1 saturated carbocycles. The lowest BCUT2D eigenvalue weighted by Gasteiger charge is -2.25. The first-order chi connectivity index (χ1) is 7.81. The minimum absolute atomic E-state index is 0.401. The van der Waals surface area contributed by atoms with Gasteiger partial charge in [-0.1, -0.05) is 32.1 Å². The van der Waals surface area contributed by atoms with Gasteiger partial charge in [0.25, 0.3) is 0 Å². The van der Waals surface area contributed by atoms with E-state index in [-0.39, 0.29) is 0 Å². The summed E-state index contributed by atoms with van der Waals surface area (Å²) in [5, 5.41) is 3.40. The van der Waals surface area contributed by atoms with E-state index in [0.29, 0.717) is 6.04 Å². The second-order valence-electron chi connectivity index (χ2n) is 5.05. The van der Waals surface area contributed by atoms with Gasteiger partial charge >= 0.3 is 0 Å². The van der Waals surface area contributed by atoms with Crippen LogP contribution in [0.4, 0.5) is 0 Å². The SMILES string of the molecule is CNC(CC1CCCCC1)c1occc1C. The van der Waals surface area contributed by atoms with E-state index < -0.39 is 0 Å². The zero-order chi connectivity index (χ0) is 11.4. The number of rotatable bonds is 4. The number of hydrogen-bond acceptors (Lipinski definition) is 2. The van der Waals surface area contributed by atoms with Crippen molar-refractivity contribution >= 4 is 0 Å². The predicted molar refractivity (Wildman–Crippen MR) is 66.4 cm³/mol. The normalized spacial score (nSPS) is 19.9. The van der Waals surface area contributed by atoms with E-state index in [1.807, 2.05) is 7.05 Å². The Morgan fingerprint density at radius 2 is 2.12 bits per heavy atom. The molecule has 90 valence electrons. The molecular weight excluding hydrogens is 198 g/mol. The highest BCUT2D eigenvalue weighted by atomic mass is 16.3. The first-order valence-electron chi connectivity index (χ1n) is 6.52. The molecule has 0 aliphatic heterocycles. The average molecular weight is 221 g/mol. The maximum atomic E-state index is 5.60. The Kier molecular flexibility index (Phi) is 4.05. The van der Waals surface area contributed by atoms with Crippen LogP contribution in [0, 0.1) is 12.8 Å². The molecule has 0 aromatic carbocycles. The van der Waals surface area contributed by atoms with Gasteiger partial charge < -0.3 is 9.73 Å². The van der Waals surface area contributed by atoms with Crippen LogP contribution in [-0.2, 0) is 0 Å². The fourth-order valence-electron chi connectivity index (χ4n) is 2.85. The molecular formula is C14H23NO. The van der Waals surface area contributed by atoms with Gasteiger partial charge in [-0.3, -0.25) is 0 Å². The highest BCUT2D eigenvalue weighted by Crippen LogP contribution is 2.32. The largest absolute Gasteiger partial charge is 0.467 e. The summed E-state index contributed by atoms with van der Waals surface area (Å²) in [7, 11) is 2.04. The summed E-state index contributed by atoms with van der Waals surface area (Å²) >= 11 is 0. The maximum Gasteiger partial charge on any atom is 0.123 e. The van der Waals surface area contributed by atoms with Crippen LogP contribution in [0.2, 0.25) is 0 Å². The van der Waals surface area contributed by atoms with Gasteiger partial charge in [0, 0.05) is 0 Å². The van der Waals surface area contributed by atoms with E-state index in [9.17, 15) is 0 Å². The fourth-order valence-corrected chi connectivity index (χ4v) is 2.85.